The summed E-state index contributed by atoms with van der Waals surface area (Å²) in [6.07, 6.45) is 0.563. The monoisotopic (exact) mass is 277 g/mol. The Morgan fingerprint density at radius 1 is 1.37 bits per heavy atom. The zero-order valence-corrected chi connectivity index (χ0v) is 12.9. The second-order valence-corrected chi connectivity index (χ2v) is 6.76. The molecule has 0 aromatic heterocycles. The fourth-order valence-electron chi connectivity index (χ4n) is 2.36. The van der Waals surface area contributed by atoms with Gasteiger partial charge < -0.3 is 0 Å². The first-order chi connectivity index (χ1) is 9.08. The standard InChI is InChI=1S/C16H23NOS/c1-12(2)14-6-4-13(5-7-14)10-16(18)15-11-19-9-8-17(15)3/h4-7,12,15H,8-11H2,1-3H3. The third-order valence-corrected chi connectivity index (χ3v) is 4.82. The third-order valence-electron chi connectivity index (χ3n) is 3.79. The summed E-state index contributed by atoms with van der Waals surface area (Å²) >= 11 is 1.89. The van der Waals surface area contributed by atoms with Gasteiger partial charge in [0.25, 0.3) is 0 Å². The third kappa shape index (κ3) is 3.83. The summed E-state index contributed by atoms with van der Waals surface area (Å²) in [5, 5.41) is 0. The maximum Gasteiger partial charge on any atom is 0.155 e. The Morgan fingerprint density at radius 2 is 2.05 bits per heavy atom. The average molecular weight is 277 g/mol. The van der Waals surface area contributed by atoms with Crippen LogP contribution >= 0.6 is 11.8 Å². The quantitative estimate of drug-likeness (QED) is 0.844. The van der Waals surface area contributed by atoms with Crippen LogP contribution in [0.5, 0.6) is 0 Å². The molecule has 0 radical (unpaired) electrons. The van der Waals surface area contributed by atoms with Crippen molar-refractivity contribution in [2.75, 3.05) is 25.1 Å². The van der Waals surface area contributed by atoms with Crippen molar-refractivity contribution in [3.63, 3.8) is 0 Å². The Balaban J connectivity index is 1.98. The van der Waals surface area contributed by atoms with Crippen LogP contribution in [0.25, 0.3) is 0 Å². The van der Waals surface area contributed by atoms with E-state index < -0.39 is 0 Å². The highest BCUT2D eigenvalue weighted by molar-refractivity contribution is 7.99. The Hall–Kier alpha value is -0.800. The largest absolute Gasteiger partial charge is 0.298 e. The number of carbonyl (C=O) groups excluding carboxylic acids is 1. The first kappa shape index (κ1) is 14.6. The van der Waals surface area contributed by atoms with Gasteiger partial charge >= 0.3 is 0 Å². The van der Waals surface area contributed by atoms with Gasteiger partial charge in [-0.1, -0.05) is 38.1 Å². The minimum absolute atomic E-state index is 0.100. The van der Waals surface area contributed by atoms with E-state index in [2.05, 4.69) is 50.1 Å². The summed E-state index contributed by atoms with van der Waals surface area (Å²) in [6, 6.07) is 8.59. The van der Waals surface area contributed by atoms with E-state index in [1.54, 1.807) is 0 Å². The summed E-state index contributed by atoms with van der Waals surface area (Å²) < 4.78 is 0. The van der Waals surface area contributed by atoms with Gasteiger partial charge in [-0.2, -0.15) is 11.8 Å². The molecule has 2 rings (SSSR count). The average Bonchev–Trinajstić information content (AvgIpc) is 2.39. The maximum absolute atomic E-state index is 12.3. The maximum atomic E-state index is 12.3. The van der Waals surface area contributed by atoms with Crippen LogP contribution in [0.3, 0.4) is 0 Å². The zero-order chi connectivity index (χ0) is 13.8. The molecule has 1 heterocycles. The summed E-state index contributed by atoms with van der Waals surface area (Å²) in [5.74, 6) is 2.99. The molecule has 0 spiro atoms. The molecule has 1 unspecified atom stereocenters. The Labute approximate surface area is 120 Å². The van der Waals surface area contributed by atoms with Crippen molar-refractivity contribution < 1.29 is 4.79 Å². The minimum Gasteiger partial charge on any atom is -0.298 e. The van der Waals surface area contributed by atoms with Gasteiger partial charge in [0.2, 0.25) is 0 Å². The van der Waals surface area contributed by atoms with Gasteiger partial charge in [0.1, 0.15) is 0 Å². The lowest BCUT2D eigenvalue weighted by Gasteiger charge is -2.30. The van der Waals surface area contributed by atoms with Crippen molar-refractivity contribution >= 4 is 17.5 Å². The molecule has 104 valence electrons. The van der Waals surface area contributed by atoms with Crippen LogP contribution in [0, 0.1) is 0 Å². The molecule has 1 saturated heterocycles. The number of ketones is 1. The van der Waals surface area contributed by atoms with Crippen LogP contribution in [0.4, 0.5) is 0 Å². The van der Waals surface area contributed by atoms with E-state index in [0.29, 0.717) is 18.1 Å². The first-order valence-corrected chi connectivity index (χ1v) is 8.13. The van der Waals surface area contributed by atoms with Crippen LogP contribution in [-0.4, -0.2) is 41.8 Å². The molecule has 2 nitrogen and oxygen atoms in total. The lowest BCUT2D eigenvalue weighted by molar-refractivity contribution is -0.122. The van der Waals surface area contributed by atoms with Crippen LogP contribution < -0.4 is 0 Å². The number of likely N-dealkylation sites (N-methyl/N-ethyl adjacent to an activating group) is 1. The molecule has 1 aliphatic heterocycles. The molecule has 1 fully saturated rings. The van der Waals surface area contributed by atoms with Gasteiger partial charge in [0, 0.05) is 24.5 Å². The molecule has 0 bridgehead atoms. The van der Waals surface area contributed by atoms with Gasteiger partial charge in [-0.05, 0) is 24.1 Å². The van der Waals surface area contributed by atoms with E-state index in [0.717, 1.165) is 23.6 Å². The van der Waals surface area contributed by atoms with Gasteiger partial charge in [-0.15, -0.1) is 0 Å². The van der Waals surface area contributed by atoms with Gasteiger partial charge in [0.15, 0.2) is 5.78 Å². The summed E-state index contributed by atoms with van der Waals surface area (Å²) in [6.45, 7) is 5.40. The summed E-state index contributed by atoms with van der Waals surface area (Å²) in [5.41, 5.74) is 2.47. The molecular weight excluding hydrogens is 254 g/mol. The number of benzene rings is 1. The highest BCUT2D eigenvalue weighted by Crippen LogP contribution is 2.18. The van der Waals surface area contributed by atoms with E-state index in [-0.39, 0.29) is 6.04 Å². The second kappa shape index (κ2) is 6.58. The lowest BCUT2D eigenvalue weighted by atomic mass is 9.98. The van der Waals surface area contributed by atoms with Crippen molar-refractivity contribution in [2.24, 2.45) is 0 Å². The molecule has 19 heavy (non-hydrogen) atoms. The predicted octanol–water partition coefficient (Wildman–Crippen LogP) is 2.97. The van der Waals surface area contributed by atoms with Gasteiger partial charge in [0.05, 0.1) is 6.04 Å². The molecule has 3 heteroatoms. The zero-order valence-electron chi connectivity index (χ0n) is 12.1. The number of hydrogen-bond donors (Lipinski definition) is 0. The Bertz CT molecular complexity index is 427. The van der Waals surface area contributed by atoms with E-state index in [4.69, 9.17) is 0 Å². The molecule has 0 aliphatic carbocycles. The van der Waals surface area contributed by atoms with Crippen molar-refractivity contribution in [1.82, 2.24) is 4.90 Å². The number of thioether (sulfide) groups is 1. The predicted molar refractivity (Wildman–Crippen MR) is 83.0 cm³/mol. The van der Waals surface area contributed by atoms with Crippen molar-refractivity contribution in [3.05, 3.63) is 35.4 Å². The molecule has 0 saturated carbocycles. The van der Waals surface area contributed by atoms with Crippen LogP contribution in [0.15, 0.2) is 24.3 Å². The number of hydrogen-bond acceptors (Lipinski definition) is 3. The van der Waals surface area contributed by atoms with Crippen LogP contribution in [0.2, 0.25) is 0 Å². The van der Waals surface area contributed by atoms with Gasteiger partial charge in [-0.25, -0.2) is 0 Å². The SMILES string of the molecule is CC(C)c1ccc(CC(=O)C2CSCCN2C)cc1. The highest BCUT2D eigenvalue weighted by Gasteiger charge is 2.25. The minimum atomic E-state index is 0.100. The number of Topliss-reactive ketones (excluding diaryl/α,β-unsaturated/α-hetero) is 1. The smallest absolute Gasteiger partial charge is 0.155 e. The summed E-state index contributed by atoms with van der Waals surface area (Å²) in [4.78, 5) is 14.5. The molecule has 1 aliphatic rings. The second-order valence-electron chi connectivity index (χ2n) is 5.61. The lowest BCUT2D eigenvalue weighted by Crippen LogP contribution is -2.45. The highest BCUT2D eigenvalue weighted by atomic mass is 32.2. The van der Waals surface area contributed by atoms with E-state index in [1.807, 2.05) is 11.8 Å². The van der Waals surface area contributed by atoms with E-state index in [9.17, 15) is 4.79 Å². The number of nitrogens with zero attached hydrogens (tertiary/aromatic N) is 1. The fraction of sp³-hybridized carbons (Fsp3) is 0.562. The number of carbonyl (C=O) groups is 1. The van der Waals surface area contributed by atoms with Gasteiger partial charge in [-0.3, -0.25) is 9.69 Å². The Morgan fingerprint density at radius 3 is 2.63 bits per heavy atom. The molecule has 1 aromatic carbocycles. The Kier molecular flexibility index (Phi) is 5.06. The van der Waals surface area contributed by atoms with E-state index in [1.165, 1.54) is 5.56 Å². The fourth-order valence-corrected chi connectivity index (χ4v) is 3.61. The van der Waals surface area contributed by atoms with Crippen molar-refractivity contribution in [3.8, 4) is 0 Å². The van der Waals surface area contributed by atoms with E-state index >= 15 is 0 Å². The molecule has 1 atom stereocenters. The van der Waals surface area contributed by atoms with Crippen LogP contribution in [0.1, 0.15) is 30.9 Å². The first-order valence-electron chi connectivity index (χ1n) is 6.97. The molecule has 1 aromatic rings. The molecular formula is C16H23NOS. The van der Waals surface area contributed by atoms with Crippen molar-refractivity contribution in [2.45, 2.75) is 32.2 Å². The molecule has 0 N–H and O–H groups in total. The van der Waals surface area contributed by atoms with Crippen molar-refractivity contribution in [1.29, 1.82) is 0 Å². The van der Waals surface area contributed by atoms with Crippen LogP contribution in [-0.2, 0) is 11.2 Å². The number of rotatable bonds is 4. The summed E-state index contributed by atoms with van der Waals surface area (Å²) in [7, 11) is 2.06. The normalized spacial score (nSPS) is 20.7. The topological polar surface area (TPSA) is 20.3 Å². The molecule has 0 amide bonds.